The maximum absolute atomic E-state index is 12.8. The van der Waals surface area contributed by atoms with Gasteiger partial charge in [0, 0.05) is 5.69 Å². The predicted molar refractivity (Wildman–Crippen MR) is 122 cm³/mol. The van der Waals surface area contributed by atoms with Crippen LogP contribution < -0.4 is 10.0 Å². The number of benzene rings is 2. The average Bonchev–Trinajstić information content (AvgIpc) is 3.12. The molecule has 0 bridgehead atoms. The molecule has 31 heavy (non-hydrogen) atoms. The van der Waals surface area contributed by atoms with E-state index in [-0.39, 0.29) is 10.5 Å². The van der Waals surface area contributed by atoms with E-state index in [1.165, 1.54) is 35.7 Å². The first kappa shape index (κ1) is 22.9. The highest BCUT2D eigenvalue weighted by Crippen LogP contribution is 2.23. The summed E-state index contributed by atoms with van der Waals surface area (Å²) >= 11 is 4.45. The Labute approximate surface area is 191 Å². The summed E-state index contributed by atoms with van der Waals surface area (Å²) in [6.07, 6.45) is 1.53. The number of anilines is 2. The summed E-state index contributed by atoms with van der Waals surface area (Å²) < 4.78 is 33.9. The third-order valence-corrected chi connectivity index (χ3v) is 6.99. The number of nitrogens with zero attached hydrogens (tertiary/aromatic N) is 1. The van der Waals surface area contributed by atoms with Gasteiger partial charge in [0.25, 0.3) is 15.9 Å². The number of nitrogens with one attached hydrogen (secondary N) is 2. The summed E-state index contributed by atoms with van der Waals surface area (Å²) in [7, 11) is -3.93. The van der Waals surface area contributed by atoms with E-state index in [1.54, 1.807) is 31.2 Å². The van der Waals surface area contributed by atoms with Crippen LogP contribution in [0.5, 0.6) is 0 Å². The summed E-state index contributed by atoms with van der Waals surface area (Å²) in [6, 6.07) is 11.1. The molecule has 2 N–H and O–H groups in total. The molecule has 0 atom stereocenters. The van der Waals surface area contributed by atoms with Gasteiger partial charge in [0.1, 0.15) is 0 Å². The highest BCUT2D eigenvalue weighted by atomic mass is 79.9. The molecule has 0 aliphatic carbocycles. The number of ether oxygens (including phenoxy) is 1. The van der Waals surface area contributed by atoms with Crippen LogP contribution in [0.25, 0.3) is 0 Å². The number of carbonyl (C=O) groups excluding carboxylic acids is 2. The topological polar surface area (TPSA) is 114 Å². The number of amides is 1. The molecule has 8 nitrogen and oxygen atoms in total. The highest BCUT2D eigenvalue weighted by Gasteiger charge is 2.20. The largest absolute Gasteiger partial charge is 0.452 e. The lowest BCUT2D eigenvalue weighted by molar-refractivity contribution is -0.119. The minimum absolute atomic E-state index is 0.0136. The Balaban J connectivity index is 1.69. The zero-order valence-corrected chi connectivity index (χ0v) is 19.7. The van der Waals surface area contributed by atoms with Crippen LogP contribution in [0.3, 0.4) is 0 Å². The summed E-state index contributed by atoms with van der Waals surface area (Å²) in [5.74, 6) is -1.38. The highest BCUT2D eigenvalue weighted by molar-refractivity contribution is 9.11. The molecule has 1 amide bonds. The molecule has 162 valence electrons. The number of rotatable bonds is 7. The fourth-order valence-electron chi connectivity index (χ4n) is 2.53. The number of aryl methyl sites for hydroxylation is 2. The van der Waals surface area contributed by atoms with Crippen molar-refractivity contribution in [3.8, 4) is 0 Å². The van der Waals surface area contributed by atoms with Crippen LogP contribution in [0.15, 0.2) is 57.3 Å². The zero-order chi connectivity index (χ0) is 22.6. The summed E-state index contributed by atoms with van der Waals surface area (Å²) in [4.78, 5) is 28.2. The van der Waals surface area contributed by atoms with Crippen molar-refractivity contribution < 1.29 is 22.7 Å². The number of aromatic nitrogens is 1. The number of sulfonamides is 1. The number of hydrogen-bond acceptors (Lipinski definition) is 7. The second-order valence-corrected chi connectivity index (χ2v) is 10.6. The molecule has 1 heterocycles. The number of hydrogen-bond donors (Lipinski definition) is 2. The second-order valence-electron chi connectivity index (χ2n) is 6.55. The van der Waals surface area contributed by atoms with Gasteiger partial charge in [-0.05, 0) is 59.6 Å². The maximum atomic E-state index is 12.8. The van der Waals surface area contributed by atoms with E-state index >= 15 is 0 Å². The van der Waals surface area contributed by atoms with Crippen LogP contribution in [0.1, 0.15) is 21.5 Å². The van der Waals surface area contributed by atoms with Gasteiger partial charge < -0.3 is 4.74 Å². The van der Waals surface area contributed by atoms with Crippen LogP contribution in [0, 0.1) is 13.8 Å². The third kappa shape index (κ3) is 6.12. The van der Waals surface area contributed by atoms with Gasteiger partial charge >= 0.3 is 5.97 Å². The first-order valence-electron chi connectivity index (χ1n) is 8.92. The molecular weight excluding hydrogens is 506 g/mol. The van der Waals surface area contributed by atoms with Crippen molar-refractivity contribution in [2.24, 2.45) is 0 Å². The van der Waals surface area contributed by atoms with E-state index < -0.39 is 28.5 Å². The molecule has 3 aromatic rings. The lowest BCUT2D eigenvalue weighted by Crippen LogP contribution is -2.21. The minimum atomic E-state index is -3.93. The van der Waals surface area contributed by atoms with Crippen molar-refractivity contribution in [3.63, 3.8) is 0 Å². The van der Waals surface area contributed by atoms with Gasteiger partial charge in [-0.3, -0.25) is 14.8 Å². The minimum Gasteiger partial charge on any atom is -0.452 e. The number of halogens is 1. The van der Waals surface area contributed by atoms with Crippen molar-refractivity contribution in [1.29, 1.82) is 0 Å². The van der Waals surface area contributed by atoms with Crippen LogP contribution in [-0.2, 0) is 19.6 Å². The molecule has 0 spiro atoms. The molecular formula is C20H18BrN3O5S2. The second kappa shape index (κ2) is 9.58. The Bertz CT molecular complexity index is 1220. The average molecular weight is 524 g/mol. The number of esters is 1. The summed E-state index contributed by atoms with van der Waals surface area (Å²) in [5, 5.41) is 2.86. The van der Waals surface area contributed by atoms with Crippen LogP contribution in [0.2, 0.25) is 0 Å². The molecule has 2 aromatic carbocycles. The zero-order valence-electron chi connectivity index (χ0n) is 16.5. The number of thiazole rings is 1. The Morgan fingerprint density at radius 2 is 1.84 bits per heavy atom. The molecule has 0 radical (unpaired) electrons. The molecule has 0 aliphatic heterocycles. The first-order valence-corrected chi connectivity index (χ1v) is 12.0. The van der Waals surface area contributed by atoms with E-state index in [9.17, 15) is 18.0 Å². The molecule has 1 aromatic heterocycles. The van der Waals surface area contributed by atoms with Crippen LogP contribution in [0.4, 0.5) is 10.8 Å². The van der Waals surface area contributed by atoms with Gasteiger partial charge in [-0.1, -0.05) is 35.1 Å². The lowest BCUT2D eigenvalue weighted by Gasteiger charge is -2.12. The Morgan fingerprint density at radius 3 is 2.48 bits per heavy atom. The SMILES string of the molecule is Cc1ccc(NS(=O)(=O)c2cc(C(=O)OCC(=O)Nc3ncc(Br)s3)ccc2C)cc1. The van der Waals surface area contributed by atoms with Crippen molar-refractivity contribution in [1.82, 2.24) is 4.98 Å². The van der Waals surface area contributed by atoms with Crippen molar-refractivity contribution in [2.45, 2.75) is 18.7 Å². The van der Waals surface area contributed by atoms with E-state index in [1.807, 2.05) is 6.92 Å². The molecule has 3 rings (SSSR count). The van der Waals surface area contributed by atoms with Gasteiger partial charge in [0.15, 0.2) is 11.7 Å². The van der Waals surface area contributed by atoms with E-state index in [4.69, 9.17) is 4.74 Å². The predicted octanol–water partition coefficient (Wildman–Crippen LogP) is 4.12. The molecule has 11 heteroatoms. The van der Waals surface area contributed by atoms with Gasteiger partial charge in [-0.15, -0.1) is 0 Å². The lowest BCUT2D eigenvalue weighted by atomic mass is 10.1. The van der Waals surface area contributed by atoms with Crippen molar-refractivity contribution >= 4 is 60.0 Å². The molecule has 0 saturated heterocycles. The van der Waals surface area contributed by atoms with E-state index in [0.29, 0.717) is 16.4 Å². The molecule has 0 aliphatic rings. The smallest absolute Gasteiger partial charge is 0.338 e. The van der Waals surface area contributed by atoms with Gasteiger partial charge in [0.05, 0.1) is 20.4 Å². The fraction of sp³-hybridized carbons (Fsp3) is 0.150. The standard InChI is InChI=1S/C20H18BrN3O5S2/c1-12-3-7-15(8-4-12)24-31(27,28)16-9-14(6-5-13(16)2)19(26)29-11-18(25)23-20-22-10-17(21)30-20/h3-10,24H,11H2,1-2H3,(H,22,23,25). The summed E-state index contributed by atoms with van der Waals surface area (Å²) in [6.45, 7) is 2.99. The monoisotopic (exact) mass is 523 g/mol. The van der Waals surface area contributed by atoms with Crippen LogP contribution in [-0.4, -0.2) is 31.9 Å². The molecule has 0 unspecified atom stereocenters. The van der Waals surface area contributed by atoms with Gasteiger partial charge in [0.2, 0.25) is 0 Å². The Morgan fingerprint density at radius 1 is 1.13 bits per heavy atom. The Hall–Kier alpha value is -2.76. The van der Waals surface area contributed by atoms with Gasteiger partial charge in [-0.2, -0.15) is 0 Å². The molecule has 0 saturated carbocycles. The third-order valence-electron chi connectivity index (χ3n) is 4.08. The van der Waals surface area contributed by atoms with Crippen LogP contribution >= 0.6 is 27.3 Å². The van der Waals surface area contributed by atoms with Gasteiger partial charge in [-0.25, -0.2) is 18.2 Å². The molecule has 0 fully saturated rings. The number of carbonyl (C=O) groups is 2. The normalized spacial score (nSPS) is 11.1. The quantitative estimate of drug-likeness (QED) is 0.450. The van der Waals surface area contributed by atoms with Crippen molar-refractivity contribution in [3.05, 3.63) is 69.1 Å². The fourth-order valence-corrected chi connectivity index (χ4v) is 4.98. The van der Waals surface area contributed by atoms with E-state index in [2.05, 4.69) is 31.0 Å². The maximum Gasteiger partial charge on any atom is 0.338 e. The Kier molecular flexibility index (Phi) is 7.08. The van der Waals surface area contributed by atoms with Crippen molar-refractivity contribution in [2.75, 3.05) is 16.6 Å². The summed E-state index contributed by atoms with van der Waals surface area (Å²) in [5.41, 5.74) is 1.88. The first-order chi connectivity index (χ1) is 14.6. The van der Waals surface area contributed by atoms with E-state index in [0.717, 1.165) is 9.35 Å².